The number of carbonyl (C=O) groups excluding carboxylic acids is 1. The first-order chi connectivity index (χ1) is 12.9. The fraction of sp³-hybridized carbons (Fsp3) is 0.381. The van der Waals surface area contributed by atoms with E-state index in [1.54, 1.807) is 4.90 Å². The van der Waals surface area contributed by atoms with Crippen molar-refractivity contribution < 1.29 is 4.79 Å². The highest BCUT2D eigenvalue weighted by molar-refractivity contribution is 6.77. The van der Waals surface area contributed by atoms with Crippen molar-refractivity contribution in [2.75, 3.05) is 10.2 Å². The summed E-state index contributed by atoms with van der Waals surface area (Å²) in [7, 11) is 0. The first-order valence-electron chi connectivity index (χ1n) is 9.18. The van der Waals surface area contributed by atoms with E-state index in [4.69, 9.17) is 34.8 Å². The molecule has 1 atom stereocenters. The number of carbonyl (C=O) groups is 1. The molecule has 2 aromatic carbocycles. The average molecular weight is 426 g/mol. The predicted molar refractivity (Wildman–Crippen MR) is 115 cm³/mol. The van der Waals surface area contributed by atoms with Gasteiger partial charge < -0.3 is 10.2 Å². The zero-order chi connectivity index (χ0) is 19.4. The normalized spacial score (nSPS) is 16.1. The van der Waals surface area contributed by atoms with Crippen LogP contribution < -0.4 is 10.2 Å². The lowest BCUT2D eigenvalue weighted by molar-refractivity contribution is -0.118. The van der Waals surface area contributed by atoms with Gasteiger partial charge in [0.2, 0.25) is 0 Å². The summed E-state index contributed by atoms with van der Waals surface area (Å²) in [5, 5.41) is 3.55. The molecule has 1 fully saturated rings. The standard InChI is InChI=1S/C21H23Cl3N2O/c1-15(16-7-3-2-4-8-16)26(20(27)21(22,23)24)19-13-11-18(12-14-19)25-17-9-5-6-10-17/h2-4,7-8,11-15,17,25H,5-6,9-10H2,1H3. The van der Waals surface area contributed by atoms with Crippen LogP contribution >= 0.6 is 34.8 Å². The van der Waals surface area contributed by atoms with Crippen LogP contribution in [0.4, 0.5) is 11.4 Å². The van der Waals surface area contributed by atoms with Crippen LogP contribution in [-0.4, -0.2) is 15.7 Å². The fourth-order valence-corrected chi connectivity index (χ4v) is 3.83. The topological polar surface area (TPSA) is 32.3 Å². The number of hydrogen-bond acceptors (Lipinski definition) is 2. The number of amides is 1. The average Bonchev–Trinajstić information content (AvgIpc) is 3.16. The molecule has 0 saturated heterocycles. The van der Waals surface area contributed by atoms with Gasteiger partial charge in [-0.15, -0.1) is 0 Å². The maximum Gasteiger partial charge on any atom is 0.279 e. The number of hydrogen-bond donors (Lipinski definition) is 1. The molecule has 27 heavy (non-hydrogen) atoms. The Morgan fingerprint density at radius 3 is 2.19 bits per heavy atom. The summed E-state index contributed by atoms with van der Waals surface area (Å²) in [5.41, 5.74) is 2.70. The summed E-state index contributed by atoms with van der Waals surface area (Å²) in [6.07, 6.45) is 4.95. The van der Waals surface area contributed by atoms with Gasteiger partial charge in [-0.1, -0.05) is 78.0 Å². The number of nitrogens with zero attached hydrogens (tertiary/aromatic N) is 1. The SMILES string of the molecule is CC(c1ccccc1)N(C(=O)C(Cl)(Cl)Cl)c1ccc(NC2CCCC2)cc1. The molecule has 1 aliphatic rings. The molecule has 0 radical (unpaired) electrons. The molecular weight excluding hydrogens is 403 g/mol. The van der Waals surface area contributed by atoms with Crippen LogP contribution in [0, 0.1) is 0 Å². The summed E-state index contributed by atoms with van der Waals surface area (Å²) in [6.45, 7) is 1.92. The molecule has 1 saturated carbocycles. The van der Waals surface area contributed by atoms with Crippen molar-refractivity contribution in [3.8, 4) is 0 Å². The number of anilines is 2. The minimum atomic E-state index is -2.02. The van der Waals surface area contributed by atoms with E-state index in [0.29, 0.717) is 11.7 Å². The molecule has 0 aromatic heterocycles. The highest BCUT2D eigenvalue weighted by Crippen LogP contribution is 2.36. The van der Waals surface area contributed by atoms with Crippen LogP contribution in [0.3, 0.4) is 0 Å². The Bertz CT molecular complexity index is 753. The molecule has 2 aromatic rings. The summed E-state index contributed by atoms with van der Waals surface area (Å²) in [4.78, 5) is 14.4. The maximum absolute atomic E-state index is 12.9. The van der Waals surface area contributed by atoms with Crippen LogP contribution in [0.15, 0.2) is 54.6 Å². The van der Waals surface area contributed by atoms with Gasteiger partial charge in [0.1, 0.15) is 0 Å². The lowest BCUT2D eigenvalue weighted by Gasteiger charge is -2.32. The number of benzene rings is 2. The molecular formula is C21H23Cl3N2O. The van der Waals surface area contributed by atoms with Crippen LogP contribution in [-0.2, 0) is 4.79 Å². The molecule has 1 N–H and O–H groups in total. The largest absolute Gasteiger partial charge is 0.382 e. The van der Waals surface area contributed by atoms with Gasteiger partial charge >= 0.3 is 0 Å². The third-order valence-electron chi connectivity index (χ3n) is 5.00. The van der Waals surface area contributed by atoms with E-state index in [1.807, 2.05) is 61.5 Å². The number of halogens is 3. The minimum absolute atomic E-state index is 0.275. The number of alkyl halides is 3. The van der Waals surface area contributed by atoms with Gasteiger partial charge in [-0.3, -0.25) is 4.79 Å². The van der Waals surface area contributed by atoms with E-state index in [0.717, 1.165) is 11.3 Å². The predicted octanol–water partition coefficient (Wildman–Crippen LogP) is 6.51. The van der Waals surface area contributed by atoms with Gasteiger partial charge in [-0.2, -0.15) is 0 Å². The Morgan fingerprint density at radius 1 is 1.04 bits per heavy atom. The van der Waals surface area contributed by atoms with E-state index in [1.165, 1.54) is 25.7 Å². The van der Waals surface area contributed by atoms with Gasteiger partial charge in [0.25, 0.3) is 9.70 Å². The summed E-state index contributed by atoms with van der Waals surface area (Å²) in [5.74, 6) is -0.569. The molecule has 0 heterocycles. The summed E-state index contributed by atoms with van der Waals surface area (Å²) >= 11 is 17.8. The monoisotopic (exact) mass is 424 g/mol. The highest BCUT2D eigenvalue weighted by atomic mass is 35.6. The van der Waals surface area contributed by atoms with Crippen LogP contribution in [0.5, 0.6) is 0 Å². The second kappa shape index (κ2) is 8.72. The quantitative estimate of drug-likeness (QED) is 0.554. The molecule has 0 spiro atoms. The molecule has 6 heteroatoms. The number of rotatable bonds is 5. The zero-order valence-corrected chi connectivity index (χ0v) is 17.4. The second-order valence-electron chi connectivity index (χ2n) is 6.93. The van der Waals surface area contributed by atoms with Crippen molar-refractivity contribution in [3.63, 3.8) is 0 Å². The van der Waals surface area contributed by atoms with Crippen molar-refractivity contribution in [1.82, 2.24) is 0 Å². The van der Waals surface area contributed by atoms with Crippen molar-refractivity contribution in [2.45, 2.75) is 48.5 Å². The molecule has 3 rings (SSSR count). The van der Waals surface area contributed by atoms with Crippen LogP contribution in [0.25, 0.3) is 0 Å². The molecule has 0 bridgehead atoms. The van der Waals surface area contributed by atoms with Gasteiger partial charge in [0.15, 0.2) is 0 Å². The van der Waals surface area contributed by atoms with Gasteiger partial charge in [-0.25, -0.2) is 0 Å². The molecule has 0 aliphatic heterocycles. The minimum Gasteiger partial charge on any atom is -0.382 e. The third-order valence-corrected chi connectivity index (χ3v) is 5.49. The lowest BCUT2D eigenvalue weighted by atomic mass is 10.1. The lowest BCUT2D eigenvalue weighted by Crippen LogP contribution is -2.41. The van der Waals surface area contributed by atoms with Crippen molar-refractivity contribution >= 4 is 52.1 Å². The van der Waals surface area contributed by atoms with Gasteiger partial charge in [0.05, 0.1) is 6.04 Å². The van der Waals surface area contributed by atoms with Crippen molar-refractivity contribution in [1.29, 1.82) is 0 Å². The zero-order valence-electron chi connectivity index (χ0n) is 15.2. The van der Waals surface area contributed by atoms with Crippen molar-refractivity contribution in [2.24, 2.45) is 0 Å². The Kier molecular flexibility index (Phi) is 6.56. The van der Waals surface area contributed by atoms with E-state index >= 15 is 0 Å². The van der Waals surface area contributed by atoms with E-state index in [9.17, 15) is 4.79 Å². The van der Waals surface area contributed by atoms with E-state index in [-0.39, 0.29) is 6.04 Å². The third kappa shape index (κ3) is 5.10. The molecule has 1 amide bonds. The Balaban J connectivity index is 1.86. The molecule has 1 aliphatic carbocycles. The Morgan fingerprint density at radius 2 is 1.63 bits per heavy atom. The van der Waals surface area contributed by atoms with Crippen LogP contribution in [0.2, 0.25) is 0 Å². The Labute approximate surface area is 175 Å². The van der Waals surface area contributed by atoms with Crippen LogP contribution in [0.1, 0.15) is 44.2 Å². The molecule has 1 unspecified atom stereocenters. The van der Waals surface area contributed by atoms with Gasteiger partial charge in [-0.05, 0) is 49.6 Å². The highest BCUT2D eigenvalue weighted by Gasteiger charge is 2.38. The Hall–Kier alpha value is -1.42. The maximum atomic E-state index is 12.9. The smallest absolute Gasteiger partial charge is 0.279 e. The molecule has 3 nitrogen and oxygen atoms in total. The fourth-order valence-electron chi connectivity index (χ4n) is 3.56. The van der Waals surface area contributed by atoms with Gasteiger partial charge in [0, 0.05) is 17.4 Å². The summed E-state index contributed by atoms with van der Waals surface area (Å²) < 4.78 is -2.02. The van der Waals surface area contributed by atoms with Crippen molar-refractivity contribution in [3.05, 3.63) is 60.2 Å². The van der Waals surface area contributed by atoms with E-state index < -0.39 is 9.70 Å². The summed E-state index contributed by atoms with van der Waals surface area (Å²) in [6, 6.07) is 17.7. The molecule has 144 valence electrons. The second-order valence-corrected chi connectivity index (χ2v) is 9.21. The number of nitrogens with one attached hydrogen (secondary N) is 1. The first kappa shape index (κ1) is 20.3. The first-order valence-corrected chi connectivity index (χ1v) is 10.3. The van der Waals surface area contributed by atoms with E-state index in [2.05, 4.69) is 5.32 Å².